The van der Waals surface area contributed by atoms with Gasteiger partial charge < -0.3 is 14.5 Å². The van der Waals surface area contributed by atoms with Gasteiger partial charge in [0.1, 0.15) is 5.75 Å². The molecule has 1 fully saturated rings. The predicted octanol–water partition coefficient (Wildman–Crippen LogP) is 0.821. The van der Waals surface area contributed by atoms with E-state index in [9.17, 15) is 0 Å². The summed E-state index contributed by atoms with van der Waals surface area (Å²) in [5.74, 6) is 1.78. The minimum absolute atomic E-state index is 0.613. The maximum atomic E-state index is 5.22. The van der Waals surface area contributed by atoms with Gasteiger partial charge in [-0.2, -0.15) is 0 Å². The van der Waals surface area contributed by atoms with Crippen molar-refractivity contribution in [1.29, 1.82) is 0 Å². The number of piperazine rings is 1. The van der Waals surface area contributed by atoms with Gasteiger partial charge in [0.15, 0.2) is 0 Å². The Morgan fingerprint density at radius 2 is 1.78 bits per heavy atom. The molecule has 0 radical (unpaired) electrons. The summed E-state index contributed by atoms with van der Waals surface area (Å²) in [4.78, 5) is 12.6. The zero-order valence-corrected chi connectivity index (χ0v) is 13.9. The highest BCUT2D eigenvalue weighted by Crippen LogP contribution is 2.12. The van der Waals surface area contributed by atoms with Crippen LogP contribution in [0.1, 0.15) is 12.5 Å². The molecule has 1 aliphatic rings. The predicted molar refractivity (Wildman–Crippen MR) is 91.1 cm³/mol. The Morgan fingerprint density at radius 1 is 1.13 bits per heavy atom. The fourth-order valence-electron chi connectivity index (χ4n) is 3.20. The first-order valence-electron chi connectivity index (χ1n) is 8.26. The lowest BCUT2D eigenvalue weighted by Crippen LogP contribution is -3.18. The number of nitrogens with zero attached hydrogens (tertiary/aromatic N) is 3. The van der Waals surface area contributed by atoms with Crippen molar-refractivity contribution in [2.75, 3.05) is 38.2 Å². The van der Waals surface area contributed by atoms with Gasteiger partial charge in [0, 0.05) is 18.8 Å². The van der Waals surface area contributed by atoms with Crippen LogP contribution in [0.25, 0.3) is 0 Å². The second kappa shape index (κ2) is 7.42. The van der Waals surface area contributed by atoms with Gasteiger partial charge >= 0.3 is 0 Å². The van der Waals surface area contributed by atoms with E-state index in [0.717, 1.165) is 44.3 Å². The van der Waals surface area contributed by atoms with Crippen LogP contribution in [0.5, 0.6) is 5.75 Å². The lowest BCUT2D eigenvalue weighted by Gasteiger charge is -2.35. The fourth-order valence-corrected chi connectivity index (χ4v) is 3.20. The lowest BCUT2D eigenvalue weighted by molar-refractivity contribution is -0.923. The number of hydrogen-bond donors (Lipinski definition) is 1. The summed E-state index contributed by atoms with van der Waals surface area (Å²) in [7, 11) is 1.71. The van der Waals surface area contributed by atoms with E-state index in [1.165, 1.54) is 5.56 Å². The van der Waals surface area contributed by atoms with Crippen LogP contribution in [0, 0.1) is 0 Å². The van der Waals surface area contributed by atoms with Gasteiger partial charge in [-0.25, -0.2) is 9.97 Å². The summed E-state index contributed by atoms with van der Waals surface area (Å²) in [6.45, 7) is 6.65. The Balaban J connectivity index is 1.52. The number of hydrogen-bond acceptors (Lipinski definition) is 4. The molecule has 2 heterocycles. The average Bonchev–Trinajstić information content (AvgIpc) is 2.63. The number of nitrogens with one attached hydrogen (secondary N) is 1. The second-order valence-electron chi connectivity index (χ2n) is 6.15. The van der Waals surface area contributed by atoms with E-state index in [1.54, 1.807) is 12.0 Å². The van der Waals surface area contributed by atoms with Gasteiger partial charge in [-0.15, -0.1) is 0 Å². The Morgan fingerprint density at radius 3 is 2.39 bits per heavy atom. The van der Waals surface area contributed by atoms with Crippen molar-refractivity contribution in [3.05, 3.63) is 48.3 Å². The SMILES string of the molecule is COc1ccc(C[C@@H](C)[NH+]2CCN(c3ncccn3)CC2)cc1. The van der Waals surface area contributed by atoms with Crippen LogP contribution in [-0.2, 0) is 6.42 Å². The van der Waals surface area contributed by atoms with Crippen molar-refractivity contribution in [2.24, 2.45) is 0 Å². The van der Waals surface area contributed by atoms with Crippen LogP contribution >= 0.6 is 0 Å². The van der Waals surface area contributed by atoms with Crippen LogP contribution in [-0.4, -0.2) is 49.3 Å². The topological polar surface area (TPSA) is 42.7 Å². The third-order valence-electron chi connectivity index (χ3n) is 4.64. The molecule has 1 aromatic heterocycles. The van der Waals surface area contributed by atoms with Gasteiger partial charge in [-0.3, -0.25) is 0 Å². The van der Waals surface area contributed by atoms with Crippen LogP contribution in [0.4, 0.5) is 5.95 Å². The maximum Gasteiger partial charge on any atom is 0.225 e. The number of aromatic nitrogens is 2. The number of benzene rings is 1. The first-order chi connectivity index (χ1) is 11.3. The molecule has 1 atom stereocenters. The molecule has 1 aromatic carbocycles. The Labute approximate surface area is 137 Å². The summed E-state index contributed by atoms with van der Waals surface area (Å²) < 4.78 is 5.22. The summed E-state index contributed by atoms with van der Waals surface area (Å²) in [6, 6.07) is 10.9. The number of anilines is 1. The largest absolute Gasteiger partial charge is 0.497 e. The van der Waals surface area contributed by atoms with Gasteiger partial charge in [0.25, 0.3) is 0 Å². The van der Waals surface area contributed by atoms with Gasteiger partial charge in [0.05, 0.1) is 39.3 Å². The molecule has 0 saturated carbocycles. The molecule has 1 aliphatic heterocycles. The molecule has 2 aromatic rings. The van der Waals surface area contributed by atoms with Crippen LogP contribution in [0.3, 0.4) is 0 Å². The molecule has 0 unspecified atom stereocenters. The van der Waals surface area contributed by atoms with Gasteiger partial charge in [-0.05, 0) is 30.7 Å². The van der Waals surface area contributed by atoms with Crippen molar-refractivity contribution in [2.45, 2.75) is 19.4 Å². The van der Waals surface area contributed by atoms with Crippen molar-refractivity contribution >= 4 is 5.95 Å². The van der Waals surface area contributed by atoms with E-state index in [4.69, 9.17) is 4.74 Å². The first-order valence-corrected chi connectivity index (χ1v) is 8.26. The monoisotopic (exact) mass is 313 g/mol. The molecule has 122 valence electrons. The molecule has 3 rings (SSSR count). The standard InChI is InChI=1S/C18H24N4O/c1-15(14-16-4-6-17(23-2)7-5-16)21-10-12-22(13-11-21)18-19-8-3-9-20-18/h3-9,15H,10-14H2,1-2H3/p+1/t15-/m1/s1. The van der Waals surface area contributed by atoms with Gasteiger partial charge in [-0.1, -0.05) is 12.1 Å². The molecule has 1 N–H and O–H groups in total. The number of rotatable bonds is 5. The minimum atomic E-state index is 0.613. The summed E-state index contributed by atoms with van der Waals surface area (Å²) >= 11 is 0. The number of ether oxygens (including phenoxy) is 1. The van der Waals surface area contributed by atoms with Crippen molar-refractivity contribution in [3.63, 3.8) is 0 Å². The number of methoxy groups -OCH3 is 1. The highest BCUT2D eigenvalue weighted by Gasteiger charge is 2.25. The van der Waals surface area contributed by atoms with E-state index in [-0.39, 0.29) is 0 Å². The quantitative estimate of drug-likeness (QED) is 0.888. The minimum Gasteiger partial charge on any atom is -0.497 e. The third-order valence-corrected chi connectivity index (χ3v) is 4.64. The fraction of sp³-hybridized carbons (Fsp3) is 0.444. The average molecular weight is 313 g/mol. The van der Waals surface area contributed by atoms with Gasteiger partial charge in [0.2, 0.25) is 5.95 Å². The van der Waals surface area contributed by atoms with Crippen molar-refractivity contribution < 1.29 is 9.64 Å². The Kier molecular flexibility index (Phi) is 5.08. The normalized spacial score (nSPS) is 17.0. The Hall–Kier alpha value is -2.14. The summed E-state index contributed by atoms with van der Waals surface area (Å²) in [6.07, 6.45) is 4.73. The van der Waals surface area contributed by atoms with E-state index < -0.39 is 0 Å². The molecular formula is C18H25N4O+. The van der Waals surface area contributed by atoms with Crippen LogP contribution in [0.15, 0.2) is 42.7 Å². The molecule has 0 aliphatic carbocycles. The van der Waals surface area contributed by atoms with Crippen LogP contribution < -0.4 is 14.5 Å². The third kappa shape index (κ3) is 3.99. The van der Waals surface area contributed by atoms with E-state index in [1.807, 2.05) is 30.6 Å². The molecule has 1 saturated heterocycles. The molecule has 23 heavy (non-hydrogen) atoms. The second-order valence-corrected chi connectivity index (χ2v) is 6.15. The molecule has 0 amide bonds. The summed E-state index contributed by atoms with van der Waals surface area (Å²) in [5, 5.41) is 0. The smallest absolute Gasteiger partial charge is 0.225 e. The molecule has 5 nitrogen and oxygen atoms in total. The zero-order valence-electron chi connectivity index (χ0n) is 13.9. The Bertz CT molecular complexity index is 594. The lowest BCUT2D eigenvalue weighted by atomic mass is 10.1. The zero-order chi connectivity index (χ0) is 16.1. The first kappa shape index (κ1) is 15.7. The highest BCUT2D eigenvalue weighted by molar-refractivity contribution is 5.29. The van der Waals surface area contributed by atoms with E-state index in [2.05, 4.69) is 33.9 Å². The van der Waals surface area contributed by atoms with Crippen LogP contribution in [0.2, 0.25) is 0 Å². The molecular weight excluding hydrogens is 288 g/mol. The van der Waals surface area contributed by atoms with E-state index >= 15 is 0 Å². The van der Waals surface area contributed by atoms with E-state index in [0.29, 0.717) is 6.04 Å². The molecule has 0 spiro atoms. The number of quaternary nitrogens is 1. The maximum absolute atomic E-state index is 5.22. The van der Waals surface area contributed by atoms with Crippen molar-refractivity contribution in [1.82, 2.24) is 9.97 Å². The summed E-state index contributed by atoms with van der Waals surface area (Å²) in [5.41, 5.74) is 1.37. The highest BCUT2D eigenvalue weighted by atomic mass is 16.5. The molecule has 0 bridgehead atoms. The molecule has 5 heteroatoms. The van der Waals surface area contributed by atoms with Crippen molar-refractivity contribution in [3.8, 4) is 5.75 Å².